The number of ketones is 2. The van der Waals surface area contributed by atoms with Gasteiger partial charge in [-0.1, -0.05) is 106 Å². The summed E-state index contributed by atoms with van der Waals surface area (Å²) in [5.74, 6) is 0.101. The van der Waals surface area contributed by atoms with E-state index in [1.165, 1.54) is 0 Å². The van der Waals surface area contributed by atoms with Gasteiger partial charge in [-0.2, -0.15) is 0 Å². The molecule has 4 unspecified atom stereocenters. The van der Waals surface area contributed by atoms with E-state index < -0.39 is 18.1 Å². The molecule has 1 aliphatic carbocycles. The third-order valence-corrected chi connectivity index (χ3v) is 7.58. The Morgan fingerprint density at radius 2 is 1.48 bits per heavy atom. The van der Waals surface area contributed by atoms with E-state index in [0.29, 0.717) is 17.4 Å². The Morgan fingerprint density at radius 3 is 2.14 bits per heavy atom. The highest BCUT2D eigenvalue weighted by atomic mass is 16.3. The Balaban J connectivity index is 2.36. The summed E-state index contributed by atoms with van der Waals surface area (Å²) in [6.07, 6.45) is 34.3. The summed E-state index contributed by atoms with van der Waals surface area (Å²) in [6, 6.07) is -0.998. The summed E-state index contributed by atoms with van der Waals surface area (Å²) in [6.45, 7) is 10.9. The van der Waals surface area contributed by atoms with Crippen molar-refractivity contribution in [3.8, 4) is 0 Å². The molecule has 1 fully saturated rings. The first kappa shape index (κ1) is 38.7. The number of aliphatic hydroxyl groups excluding tert-OH is 1. The van der Waals surface area contributed by atoms with E-state index in [4.69, 9.17) is 5.73 Å². The van der Waals surface area contributed by atoms with Crippen LogP contribution in [0.5, 0.6) is 0 Å². The number of amides is 1. The van der Waals surface area contributed by atoms with E-state index in [2.05, 4.69) is 49.5 Å². The average Bonchev–Trinajstić information content (AvgIpc) is 3.31. The van der Waals surface area contributed by atoms with Crippen LogP contribution in [-0.2, 0) is 14.4 Å². The molecule has 0 aromatic heterocycles. The van der Waals surface area contributed by atoms with Crippen molar-refractivity contribution in [1.29, 1.82) is 0 Å². The molecule has 6 heteroatoms. The third-order valence-electron chi connectivity index (χ3n) is 7.58. The number of Topliss-reactive ketones (excluding diaryl/α,β-unsaturated/α-hetero) is 2. The van der Waals surface area contributed by atoms with Gasteiger partial charge in [0.2, 0.25) is 5.91 Å². The molecule has 0 bridgehead atoms. The molecule has 44 heavy (non-hydrogen) atoms. The monoisotopic (exact) mass is 604 g/mol. The van der Waals surface area contributed by atoms with E-state index in [1.54, 1.807) is 25.2 Å². The maximum atomic E-state index is 12.2. The highest BCUT2D eigenvalue weighted by Gasteiger charge is 2.33. The van der Waals surface area contributed by atoms with Gasteiger partial charge in [-0.05, 0) is 76.3 Å². The smallest absolute Gasteiger partial charge is 0.247 e. The fourth-order valence-corrected chi connectivity index (χ4v) is 4.74. The summed E-state index contributed by atoms with van der Waals surface area (Å²) < 4.78 is 0. The van der Waals surface area contributed by atoms with Gasteiger partial charge in [-0.3, -0.25) is 14.4 Å². The van der Waals surface area contributed by atoms with Gasteiger partial charge in [0.15, 0.2) is 11.6 Å². The molecular formula is C38H56N2O4. The number of carbonyl (C=O) groups excluding carboxylic acids is 3. The van der Waals surface area contributed by atoms with Crippen LogP contribution in [0.15, 0.2) is 96.2 Å². The quantitative estimate of drug-likeness (QED) is 0.0448. The lowest BCUT2D eigenvalue weighted by Crippen LogP contribution is -2.42. The first-order valence-corrected chi connectivity index (χ1v) is 16.2. The second-order valence-electron chi connectivity index (χ2n) is 11.9. The van der Waals surface area contributed by atoms with Gasteiger partial charge in [0.1, 0.15) is 6.04 Å². The molecule has 4 N–H and O–H groups in total. The third kappa shape index (κ3) is 17.1. The largest absolute Gasteiger partial charge is 0.388 e. The van der Waals surface area contributed by atoms with Crippen molar-refractivity contribution < 1.29 is 19.5 Å². The minimum atomic E-state index is -0.998. The Morgan fingerprint density at radius 1 is 0.864 bits per heavy atom. The molecule has 1 saturated carbocycles. The van der Waals surface area contributed by atoms with Crippen molar-refractivity contribution in [3.05, 3.63) is 96.2 Å². The van der Waals surface area contributed by atoms with Crippen LogP contribution < -0.4 is 11.1 Å². The van der Waals surface area contributed by atoms with Crippen molar-refractivity contribution in [2.75, 3.05) is 6.54 Å². The number of hydrogen-bond acceptors (Lipinski definition) is 5. The summed E-state index contributed by atoms with van der Waals surface area (Å²) in [5, 5.41) is 13.3. The Labute approximate surface area is 266 Å². The lowest BCUT2D eigenvalue weighted by molar-refractivity contribution is -0.129. The summed E-state index contributed by atoms with van der Waals surface area (Å²) in [7, 11) is 0. The molecule has 0 heterocycles. The molecule has 242 valence electrons. The number of aliphatic hydroxyl groups is 1. The minimum Gasteiger partial charge on any atom is -0.388 e. The van der Waals surface area contributed by atoms with Crippen LogP contribution in [0.1, 0.15) is 86.0 Å². The van der Waals surface area contributed by atoms with Crippen LogP contribution in [-0.4, -0.2) is 41.3 Å². The van der Waals surface area contributed by atoms with Gasteiger partial charge < -0.3 is 16.2 Å². The normalized spacial score (nSPS) is 18.7. The van der Waals surface area contributed by atoms with Crippen molar-refractivity contribution in [3.63, 3.8) is 0 Å². The highest BCUT2D eigenvalue weighted by molar-refractivity contribution is 6.15. The van der Waals surface area contributed by atoms with Gasteiger partial charge in [0, 0.05) is 24.3 Å². The van der Waals surface area contributed by atoms with Crippen LogP contribution in [0.4, 0.5) is 0 Å². The molecule has 0 radical (unpaired) electrons. The van der Waals surface area contributed by atoms with Gasteiger partial charge in [-0.25, -0.2) is 0 Å². The maximum absolute atomic E-state index is 12.2. The van der Waals surface area contributed by atoms with Crippen molar-refractivity contribution in [2.24, 2.45) is 23.5 Å². The summed E-state index contributed by atoms with van der Waals surface area (Å²) >= 11 is 0. The second kappa shape index (κ2) is 23.1. The molecule has 0 aromatic rings. The van der Waals surface area contributed by atoms with Crippen LogP contribution in [0, 0.1) is 17.8 Å². The minimum absolute atomic E-state index is 0.00479. The molecule has 0 spiro atoms. The lowest BCUT2D eigenvalue weighted by Gasteiger charge is -2.18. The van der Waals surface area contributed by atoms with Crippen molar-refractivity contribution in [2.45, 2.75) is 98.1 Å². The molecule has 0 aliphatic heterocycles. The predicted octanol–water partition coefficient (Wildman–Crippen LogP) is 7.20. The number of nitrogens with one attached hydrogen (secondary N) is 1. The molecule has 0 saturated heterocycles. The lowest BCUT2D eigenvalue weighted by atomic mass is 9.93. The number of carbonyl (C=O) groups is 3. The fourth-order valence-electron chi connectivity index (χ4n) is 4.74. The zero-order valence-corrected chi connectivity index (χ0v) is 27.6. The zero-order chi connectivity index (χ0) is 32.7. The Kier molecular flexibility index (Phi) is 20.3. The van der Waals surface area contributed by atoms with E-state index >= 15 is 0 Å². The molecule has 1 rings (SSSR count). The number of unbranched alkanes of at least 4 members (excludes halogenated alkanes) is 2. The zero-order valence-electron chi connectivity index (χ0n) is 27.6. The van der Waals surface area contributed by atoms with E-state index in [1.807, 2.05) is 50.3 Å². The van der Waals surface area contributed by atoms with E-state index in [0.717, 1.165) is 50.6 Å². The number of rotatable bonds is 20. The van der Waals surface area contributed by atoms with Crippen molar-refractivity contribution >= 4 is 17.5 Å². The van der Waals surface area contributed by atoms with E-state index in [-0.39, 0.29) is 30.3 Å². The van der Waals surface area contributed by atoms with Crippen LogP contribution >= 0.6 is 0 Å². The summed E-state index contributed by atoms with van der Waals surface area (Å²) in [4.78, 5) is 35.5. The molecular weight excluding hydrogens is 548 g/mol. The molecule has 1 aliphatic rings. The number of nitrogens with two attached hydrogens (primary N) is 1. The first-order valence-electron chi connectivity index (χ1n) is 16.2. The predicted molar refractivity (Wildman–Crippen MR) is 184 cm³/mol. The van der Waals surface area contributed by atoms with Gasteiger partial charge in [0.05, 0.1) is 6.10 Å². The second-order valence-corrected chi connectivity index (χ2v) is 11.9. The van der Waals surface area contributed by atoms with Crippen LogP contribution in [0.3, 0.4) is 0 Å². The van der Waals surface area contributed by atoms with E-state index in [9.17, 15) is 19.5 Å². The first-order chi connectivity index (χ1) is 21.1. The Bertz CT molecular complexity index is 1120. The maximum Gasteiger partial charge on any atom is 0.247 e. The molecule has 4 atom stereocenters. The highest BCUT2D eigenvalue weighted by Crippen LogP contribution is 2.19. The summed E-state index contributed by atoms with van der Waals surface area (Å²) in [5.41, 5.74) is 6.95. The van der Waals surface area contributed by atoms with Gasteiger partial charge in [0.25, 0.3) is 0 Å². The molecule has 0 aromatic carbocycles. The Hall–Kier alpha value is -3.35. The topological polar surface area (TPSA) is 109 Å². The number of allylic oxidation sites excluding steroid dienone is 13. The fraction of sp³-hybridized carbons (Fsp3) is 0.500. The van der Waals surface area contributed by atoms with Crippen molar-refractivity contribution in [1.82, 2.24) is 5.32 Å². The van der Waals surface area contributed by atoms with Gasteiger partial charge in [-0.15, -0.1) is 0 Å². The molecule has 6 nitrogen and oxygen atoms in total. The molecule has 1 amide bonds. The number of hydrogen-bond donors (Lipinski definition) is 3. The van der Waals surface area contributed by atoms with Gasteiger partial charge >= 0.3 is 0 Å². The SMILES string of the molecule is CC(=CC=C/C=C/C=C/C=CC(C)C(O)C(C)=CC(C)CCCC=CC(C)CC=CCCCN)C(=O)NC1C(=O)CCC1=O. The average molecular weight is 605 g/mol. The van der Waals surface area contributed by atoms with Crippen LogP contribution in [0.25, 0.3) is 0 Å². The van der Waals surface area contributed by atoms with Crippen LogP contribution in [0.2, 0.25) is 0 Å². The standard InChI is InChI=1S/C38H56N2O4/c1-29(20-14-11-12-19-27-39)21-15-13-16-22-30(2)28-33(5)37(43)31(3)23-17-9-7-6-8-10-18-24-32(4)38(44)40-36-34(41)25-26-35(36)42/h6-11,14-15,17-18,21,23-24,28-31,36-37,43H,12-13,16,19-20,22,25-27,39H2,1-5H3,(H,40,44)/b8-6+,9-7+,14-11?,18-10?,21-15?,23-17?,32-24?,33-28?.